The second kappa shape index (κ2) is 13.3. The SMILES string of the molecule is CCCCCCCOC(=O)O[C@H]1CC[C@@]2(C)[C@H](CC[C@@H]3[C@@H]2CC[C@]2(C)[C@@H]([C@@H](C)CCCC(C)C)CC[C@@H]32)C1. The van der Waals surface area contributed by atoms with Gasteiger partial charge in [0.2, 0.25) is 0 Å². The molecule has 0 unspecified atom stereocenters. The van der Waals surface area contributed by atoms with Gasteiger partial charge in [-0.05, 0) is 116 Å². The van der Waals surface area contributed by atoms with Crippen LogP contribution in [0.2, 0.25) is 0 Å². The molecule has 4 aliphatic carbocycles. The Labute approximate surface area is 236 Å². The molecule has 9 atom stereocenters. The van der Waals surface area contributed by atoms with Crippen LogP contribution in [0, 0.1) is 52.3 Å². The second-order valence-electron chi connectivity index (χ2n) is 15.2. The van der Waals surface area contributed by atoms with Gasteiger partial charge in [-0.3, -0.25) is 0 Å². The summed E-state index contributed by atoms with van der Waals surface area (Å²) < 4.78 is 11.3. The molecule has 3 heteroatoms. The van der Waals surface area contributed by atoms with Crippen LogP contribution >= 0.6 is 0 Å². The van der Waals surface area contributed by atoms with E-state index in [1.165, 1.54) is 83.5 Å². The van der Waals surface area contributed by atoms with Crippen LogP contribution < -0.4 is 0 Å². The third kappa shape index (κ3) is 6.59. The first-order valence-electron chi connectivity index (χ1n) is 17.0. The molecule has 4 rings (SSSR count). The highest BCUT2D eigenvalue weighted by atomic mass is 16.7. The van der Waals surface area contributed by atoms with Crippen molar-refractivity contribution in [1.82, 2.24) is 0 Å². The van der Waals surface area contributed by atoms with Gasteiger partial charge in [0.05, 0.1) is 6.61 Å². The van der Waals surface area contributed by atoms with Crippen LogP contribution in [0.15, 0.2) is 0 Å². The summed E-state index contributed by atoms with van der Waals surface area (Å²) >= 11 is 0. The molecule has 0 radical (unpaired) electrons. The molecular weight excluding hydrogens is 468 g/mol. The Morgan fingerprint density at radius 1 is 0.816 bits per heavy atom. The van der Waals surface area contributed by atoms with Gasteiger partial charge in [-0.1, -0.05) is 86.5 Å². The van der Waals surface area contributed by atoms with Gasteiger partial charge in [-0.15, -0.1) is 0 Å². The lowest BCUT2D eigenvalue weighted by atomic mass is 9.44. The van der Waals surface area contributed by atoms with Crippen molar-refractivity contribution in [2.45, 2.75) is 157 Å². The summed E-state index contributed by atoms with van der Waals surface area (Å²) in [6.45, 7) is 15.4. The molecule has 4 saturated carbocycles. The maximum absolute atomic E-state index is 12.4. The Morgan fingerprint density at radius 3 is 2.32 bits per heavy atom. The van der Waals surface area contributed by atoms with E-state index in [0.29, 0.717) is 23.4 Å². The van der Waals surface area contributed by atoms with Crippen molar-refractivity contribution in [2.24, 2.45) is 52.3 Å². The summed E-state index contributed by atoms with van der Waals surface area (Å²) in [6.07, 6.45) is 21.6. The first-order valence-corrected chi connectivity index (χ1v) is 17.0. The van der Waals surface area contributed by atoms with Gasteiger partial charge >= 0.3 is 6.16 Å². The summed E-state index contributed by atoms with van der Waals surface area (Å²) in [4.78, 5) is 12.4. The Hall–Kier alpha value is -0.730. The summed E-state index contributed by atoms with van der Waals surface area (Å²) in [5.41, 5.74) is 1.01. The maximum Gasteiger partial charge on any atom is 0.508 e. The summed E-state index contributed by atoms with van der Waals surface area (Å²) in [5.74, 6) is 6.12. The number of fused-ring (bicyclic) bond motifs is 5. The van der Waals surface area contributed by atoms with Crippen molar-refractivity contribution >= 4 is 6.16 Å². The topological polar surface area (TPSA) is 35.5 Å². The number of hydrogen-bond donors (Lipinski definition) is 0. The quantitative estimate of drug-likeness (QED) is 0.186. The van der Waals surface area contributed by atoms with Crippen LogP contribution in [0.25, 0.3) is 0 Å². The third-order valence-electron chi connectivity index (χ3n) is 12.5. The van der Waals surface area contributed by atoms with Gasteiger partial charge < -0.3 is 9.47 Å². The van der Waals surface area contributed by atoms with Crippen LogP contribution in [-0.2, 0) is 9.47 Å². The van der Waals surface area contributed by atoms with E-state index in [1.54, 1.807) is 0 Å². The van der Waals surface area contributed by atoms with Crippen molar-refractivity contribution < 1.29 is 14.3 Å². The molecule has 0 heterocycles. The summed E-state index contributed by atoms with van der Waals surface area (Å²) in [5, 5.41) is 0. The van der Waals surface area contributed by atoms with E-state index >= 15 is 0 Å². The lowest BCUT2D eigenvalue weighted by Crippen LogP contribution is -2.54. The fourth-order valence-corrected chi connectivity index (χ4v) is 10.4. The normalized spacial score (nSPS) is 39.2. The molecule has 0 spiro atoms. The molecule has 3 nitrogen and oxygen atoms in total. The van der Waals surface area contributed by atoms with E-state index in [0.717, 1.165) is 61.2 Å². The molecule has 0 bridgehead atoms. The van der Waals surface area contributed by atoms with Gasteiger partial charge in [0.1, 0.15) is 6.10 Å². The lowest BCUT2D eigenvalue weighted by molar-refractivity contribution is -0.132. The molecule has 0 saturated heterocycles. The van der Waals surface area contributed by atoms with Gasteiger partial charge in [-0.2, -0.15) is 0 Å². The second-order valence-corrected chi connectivity index (χ2v) is 15.2. The van der Waals surface area contributed by atoms with Crippen LogP contribution in [-0.4, -0.2) is 18.9 Å². The van der Waals surface area contributed by atoms with E-state index in [-0.39, 0.29) is 6.10 Å². The minimum atomic E-state index is -0.421. The van der Waals surface area contributed by atoms with Crippen LogP contribution in [0.4, 0.5) is 4.79 Å². The molecule has 0 amide bonds. The Bertz CT molecular complexity index is 747. The molecule has 38 heavy (non-hydrogen) atoms. The molecule has 0 aliphatic heterocycles. The summed E-state index contributed by atoms with van der Waals surface area (Å²) in [6, 6.07) is 0. The lowest BCUT2D eigenvalue weighted by Gasteiger charge is -2.61. The van der Waals surface area contributed by atoms with Gasteiger partial charge in [-0.25, -0.2) is 4.79 Å². The number of hydrogen-bond acceptors (Lipinski definition) is 3. The molecule has 220 valence electrons. The number of ether oxygens (including phenoxy) is 2. The Balaban J connectivity index is 1.28. The first kappa shape index (κ1) is 30.2. The minimum absolute atomic E-state index is 0.0635. The predicted molar refractivity (Wildman–Crippen MR) is 158 cm³/mol. The highest BCUT2D eigenvalue weighted by Gasteiger charge is 2.60. The fraction of sp³-hybridized carbons (Fsp3) is 0.971. The molecule has 4 fully saturated rings. The average molecular weight is 531 g/mol. The molecule has 0 aromatic heterocycles. The zero-order valence-corrected chi connectivity index (χ0v) is 26.1. The highest BCUT2D eigenvalue weighted by Crippen LogP contribution is 2.68. The average Bonchev–Trinajstić information content (AvgIpc) is 3.23. The van der Waals surface area contributed by atoms with Gasteiger partial charge in [0.25, 0.3) is 0 Å². The number of rotatable bonds is 12. The van der Waals surface area contributed by atoms with Gasteiger partial charge in [0.15, 0.2) is 0 Å². The first-order chi connectivity index (χ1) is 18.2. The molecule has 0 aromatic rings. The highest BCUT2D eigenvalue weighted by molar-refractivity contribution is 5.60. The fourth-order valence-electron chi connectivity index (χ4n) is 10.4. The van der Waals surface area contributed by atoms with Gasteiger partial charge in [0, 0.05) is 0 Å². The van der Waals surface area contributed by atoms with E-state index in [9.17, 15) is 4.79 Å². The maximum atomic E-state index is 12.4. The predicted octanol–water partition coefficient (Wildman–Crippen LogP) is 10.6. The molecule has 0 aromatic carbocycles. The van der Waals surface area contributed by atoms with Crippen molar-refractivity contribution in [3.8, 4) is 0 Å². The van der Waals surface area contributed by atoms with Crippen LogP contribution in [0.1, 0.15) is 151 Å². The minimum Gasteiger partial charge on any atom is -0.434 e. The molecule has 0 N–H and O–H groups in total. The van der Waals surface area contributed by atoms with E-state index in [2.05, 4.69) is 41.5 Å². The van der Waals surface area contributed by atoms with Crippen molar-refractivity contribution in [3.63, 3.8) is 0 Å². The number of unbranched alkanes of at least 4 members (excludes halogenated alkanes) is 4. The van der Waals surface area contributed by atoms with Crippen molar-refractivity contribution in [2.75, 3.05) is 6.61 Å². The standard InChI is InChI=1S/C35H62O3/c1-7-8-9-10-11-23-37-33(36)38-28-19-21-34(5)27(24-28)15-16-29-31-18-17-30(26(4)14-12-13-25(2)3)35(31,6)22-20-32(29)34/h25-32H,7-24H2,1-6H3/t26-,27+,28-,29-,30+,31-,32-,34-,35+/m0/s1. The smallest absolute Gasteiger partial charge is 0.434 e. The molecule has 4 aliphatic rings. The Morgan fingerprint density at radius 2 is 1.55 bits per heavy atom. The number of carbonyl (C=O) groups excluding carboxylic acids is 1. The zero-order valence-electron chi connectivity index (χ0n) is 26.1. The van der Waals surface area contributed by atoms with E-state index < -0.39 is 6.16 Å². The van der Waals surface area contributed by atoms with E-state index in [1.807, 2.05) is 0 Å². The zero-order chi connectivity index (χ0) is 27.3. The van der Waals surface area contributed by atoms with E-state index in [4.69, 9.17) is 9.47 Å². The molecular formula is C35H62O3. The number of carbonyl (C=O) groups is 1. The van der Waals surface area contributed by atoms with Crippen molar-refractivity contribution in [1.29, 1.82) is 0 Å². The van der Waals surface area contributed by atoms with Crippen molar-refractivity contribution in [3.05, 3.63) is 0 Å². The largest absolute Gasteiger partial charge is 0.508 e. The third-order valence-corrected chi connectivity index (χ3v) is 12.5. The van der Waals surface area contributed by atoms with Crippen LogP contribution in [0.3, 0.4) is 0 Å². The van der Waals surface area contributed by atoms with Crippen LogP contribution in [0.5, 0.6) is 0 Å². The Kier molecular flexibility index (Phi) is 10.6. The monoisotopic (exact) mass is 530 g/mol. The summed E-state index contributed by atoms with van der Waals surface area (Å²) in [7, 11) is 0.